The second kappa shape index (κ2) is 5.89. The van der Waals surface area contributed by atoms with Gasteiger partial charge in [0.25, 0.3) is 0 Å². The molecule has 0 aromatic heterocycles. The molecule has 0 saturated heterocycles. The first-order valence-electron chi connectivity index (χ1n) is 4.75. The SMILES string of the molecule is C=CC(=O)OC(C)C(C)C(C)OC(F)(F)F. The largest absolute Gasteiger partial charge is 0.522 e. The van der Waals surface area contributed by atoms with Crippen molar-refractivity contribution in [3.8, 4) is 0 Å². The first kappa shape index (κ1) is 15.0. The van der Waals surface area contributed by atoms with Crippen molar-refractivity contribution in [3.05, 3.63) is 12.7 Å². The summed E-state index contributed by atoms with van der Waals surface area (Å²) in [5, 5.41) is 0. The highest BCUT2D eigenvalue weighted by molar-refractivity contribution is 5.81. The van der Waals surface area contributed by atoms with Crippen LogP contribution in [0.1, 0.15) is 20.8 Å². The highest BCUT2D eigenvalue weighted by Gasteiger charge is 2.35. The van der Waals surface area contributed by atoms with Crippen LogP contribution >= 0.6 is 0 Å². The topological polar surface area (TPSA) is 35.5 Å². The maximum absolute atomic E-state index is 11.9. The summed E-state index contributed by atoms with van der Waals surface area (Å²) in [7, 11) is 0. The monoisotopic (exact) mass is 240 g/mol. The summed E-state index contributed by atoms with van der Waals surface area (Å²) in [6.45, 7) is 7.48. The van der Waals surface area contributed by atoms with Gasteiger partial charge in [0.2, 0.25) is 0 Å². The standard InChI is InChI=1S/C10H15F3O3/c1-5-9(14)15-7(3)6(2)8(4)16-10(11,12)13/h5-8H,1H2,2-4H3. The molecule has 0 fully saturated rings. The number of carbonyl (C=O) groups is 1. The maximum atomic E-state index is 11.9. The Kier molecular flexibility index (Phi) is 5.50. The molecule has 0 rings (SSSR count). The fourth-order valence-corrected chi connectivity index (χ4v) is 1.04. The van der Waals surface area contributed by atoms with E-state index in [-0.39, 0.29) is 0 Å². The van der Waals surface area contributed by atoms with Gasteiger partial charge in [-0.1, -0.05) is 13.5 Å². The summed E-state index contributed by atoms with van der Waals surface area (Å²) in [4.78, 5) is 10.8. The average molecular weight is 240 g/mol. The van der Waals surface area contributed by atoms with E-state index >= 15 is 0 Å². The van der Waals surface area contributed by atoms with Gasteiger partial charge in [0.05, 0.1) is 6.10 Å². The lowest BCUT2D eigenvalue weighted by Crippen LogP contribution is -2.34. The number of alkyl halides is 3. The molecule has 0 radical (unpaired) electrons. The average Bonchev–Trinajstić information content (AvgIpc) is 2.13. The van der Waals surface area contributed by atoms with E-state index in [2.05, 4.69) is 11.3 Å². The third kappa shape index (κ3) is 5.75. The molecule has 0 bridgehead atoms. The Balaban J connectivity index is 4.26. The number of hydrogen-bond donors (Lipinski definition) is 0. The summed E-state index contributed by atoms with van der Waals surface area (Å²) < 4.78 is 44.3. The van der Waals surface area contributed by atoms with Crippen molar-refractivity contribution in [1.29, 1.82) is 0 Å². The summed E-state index contributed by atoms with van der Waals surface area (Å²) in [5.74, 6) is -1.25. The Bertz CT molecular complexity index is 250. The molecule has 3 atom stereocenters. The number of esters is 1. The van der Waals surface area contributed by atoms with E-state index in [1.165, 1.54) is 20.8 Å². The zero-order valence-corrected chi connectivity index (χ0v) is 9.38. The van der Waals surface area contributed by atoms with E-state index in [1.54, 1.807) is 0 Å². The molecule has 16 heavy (non-hydrogen) atoms. The van der Waals surface area contributed by atoms with Crippen molar-refractivity contribution >= 4 is 5.97 Å². The minimum absolute atomic E-state index is 0.578. The number of carbonyl (C=O) groups excluding carboxylic acids is 1. The van der Waals surface area contributed by atoms with Crippen LogP contribution in [-0.2, 0) is 14.3 Å². The van der Waals surface area contributed by atoms with Crippen LogP contribution in [-0.4, -0.2) is 24.5 Å². The van der Waals surface area contributed by atoms with Gasteiger partial charge in [-0.2, -0.15) is 0 Å². The minimum atomic E-state index is -4.68. The van der Waals surface area contributed by atoms with Gasteiger partial charge in [0.15, 0.2) is 0 Å². The molecule has 0 aromatic carbocycles. The van der Waals surface area contributed by atoms with E-state index in [4.69, 9.17) is 4.74 Å². The van der Waals surface area contributed by atoms with Gasteiger partial charge in [0, 0.05) is 12.0 Å². The van der Waals surface area contributed by atoms with Crippen LogP contribution in [0.4, 0.5) is 13.2 Å². The molecule has 94 valence electrons. The summed E-state index contributed by atoms with van der Waals surface area (Å²) >= 11 is 0. The Morgan fingerprint density at radius 3 is 2.12 bits per heavy atom. The molecule has 0 aliphatic heterocycles. The Morgan fingerprint density at radius 2 is 1.75 bits per heavy atom. The predicted octanol–water partition coefficient (Wildman–Crippen LogP) is 2.67. The van der Waals surface area contributed by atoms with E-state index in [0.717, 1.165) is 6.08 Å². The van der Waals surface area contributed by atoms with Crippen LogP contribution in [0.25, 0.3) is 0 Å². The van der Waals surface area contributed by atoms with E-state index in [0.29, 0.717) is 0 Å². The lowest BCUT2D eigenvalue weighted by molar-refractivity contribution is -0.347. The molecule has 0 spiro atoms. The van der Waals surface area contributed by atoms with Gasteiger partial charge >= 0.3 is 12.3 Å². The number of hydrogen-bond acceptors (Lipinski definition) is 3. The van der Waals surface area contributed by atoms with Crippen molar-refractivity contribution in [3.63, 3.8) is 0 Å². The van der Waals surface area contributed by atoms with Gasteiger partial charge in [-0.05, 0) is 13.8 Å². The maximum Gasteiger partial charge on any atom is 0.522 e. The first-order chi connectivity index (χ1) is 7.17. The zero-order chi connectivity index (χ0) is 12.9. The summed E-state index contributed by atoms with van der Waals surface area (Å²) in [6, 6.07) is 0. The smallest absolute Gasteiger partial charge is 0.459 e. The number of halogens is 3. The van der Waals surface area contributed by atoms with Gasteiger partial charge < -0.3 is 4.74 Å². The fourth-order valence-electron chi connectivity index (χ4n) is 1.04. The summed E-state index contributed by atoms with van der Waals surface area (Å²) in [5.41, 5.74) is 0. The fraction of sp³-hybridized carbons (Fsp3) is 0.700. The molecule has 0 heterocycles. The number of rotatable bonds is 5. The number of ether oxygens (including phenoxy) is 2. The van der Waals surface area contributed by atoms with E-state index in [9.17, 15) is 18.0 Å². The van der Waals surface area contributed by atoms with Crippen LogP contribution in [0.2, 0.25) is 0 Å². The molecule has 0 N–H and O–H groups in total. The first-order valence-corrected chi connectivity index (χ1v) is 4.75. The van der Waals surface area contributed by atoms with Crippen LogP contribution < -0.4 is 0 Å². The molecule has 6 heteroatoms. The Hall–Kier alpha value is -1.04. The van der Waals surface area contributed by atoms with Crippen molar-refractivity contribution in [1.82, 2.24) is 0 Å². The molecule has 0 aliphatic carbocycles. The van der Waals surface area contributed by atoms with E-state index in [1.807, 2.05) is 0 Å². The Labute approximate surface area is 92.2 Å². The van der Waals surface area contributed by atoms with Gasteiger partial charge in [-0.3, -0.25) is 4.74 Å². The molecule has 3 unspecified atom stereocenters. The van der Waals surface area contributed by atoms with E-state index < -0.39 is 30.5 Å². The molecule has 0 aliphatic rings. The molecule has 0 aromatic rings. The molecular formula is C10H15F3O3. The molecule has 0 saturated carbocycles. The van der Waals surface area contributed by atoms with Gasteiger partial charge in [-0.15, -0.1) is 13.2 Å². The van der Waals surface area contributed by atoms with Crippen LogP contribution in [0.15, 0.2) is 12.7 Å². The highest BCUT2D eigenvalue weighted by atomic mass is 19.4. The molecule has 0 amide bonds. The predicted molar refractivity (Wildman–Crippen MR) is 51.5 cm³/mol. The zero-order valence-electron chi connectivity index (χ0n) is 9.38. The summed E-state index contributed by atoms with van der Waals surface area (Å²) in [6.07, 6.45) is -5.50. The van der Waals surface area contributed by atoms with Crippen molar-refractivity contribution in [2.45, 2.75) is 39.3 Å². The lowest BCUT2D eigenvalue weighted by Gasteiger charge is -2.26. The second-order valence-electron chi connectivity index (χ2n) is 3.47. The van der Waals surface area contributed by atoms with Crippen molar-refractivity contribution in [2.24, 2.45) is 5.92 Å². The second-order valence-corrected chi connectivity index (χ2v) is 3.47. The van der Waals surface area contributed by atoms with Crippen molar-refractivity contribution in [2.75, 3.05) is 0 Å². The lowest BCUT2D eigenvalue weighted by atomic mass is 10.0. The van der Waals surface area contributed by atoms with Gasteiger partial charge in [-0.25, -0.2) is 4.79 Å². The van der Waals surface area contributed by atoms with Crippen LogP contribution in [0.5, 0.6) is 0 Å². The molecular weight excluding hydrogens is 225 g/mol. The van der Waals surface area contributed by atoms with Crippen LogP contribution in [0, 0.1) is 5.92 Å². The molecule has 3 nitrogen and oxygen atoms in total. The highest BCUT2D eigenvalue weighted by Crippen LogP contribution is 2.24. The van der Waals surface area contributed by atoms with Crippen LogP contribution in [0.3, 0.4) is 0 Å². The van der Waals surface area contributed by atoms with Crippen molar-refractivity contribution < 1.29 is 27.4 Å². The third-order valence-corrected chi connectivity index (χ3v) is 2.27. The quantitative estimate of drug-likeness (QED) is 0.547. The normalized spacial score (nSPS) is 17.4. The Morgan fingerprint density at radius 1 is 1.25 bits per heavy atom. The van der Waals surface area contributed by atoms with Gasteiger partial charge in [0.1, 0.15) is 6.10 Å². The third-order valence-electron chi connectivity index (χ3n) is 2.27. The minimum Gasteiger partial charge on any atom is -0.459 e.